The number of fused-ring (bicyclic) bond motifs is 1. The maximum absolute atomic E-state index is 13.5. The molecular weight excluding hydrogens is 578 g/mol. The number of amides is 1. The van der Waals surface area contributed by atoms with Gasteiger partial charge >= 0.3 is 12.2 Å². The van der Waals surface area contributed by atoms with Crippen molar-refractivity contribution in [3.8, 4) is 17.0 Å². The van der Waals surface area contributed by atoms with Crippen LogP contribution in [0.2, 0.25) is 0 Å². The van der Waals surface area contributed by atoms with Crippen molar-refractivity contribution in [3.05, 3.63) is 73.0 Å². The van der Waals surface area contributed by atoms with E-state index >= 15 is 0 Å². The Morgan fingerprint density at radius 2 is 1.78 bits per heavy atom. The van der Waals surface area contributed by atoms with Crippen molar-refractivity contribution >= 4 is 28.9 Å². The number of ketones is 1. The number of hydrogen-bond donors (Lipinski definition) is 1. The summed E-state index contributed by atoms with van der Waals surface area (Å²) in [5.41, 5.74) is 0.228. The van der Waals surface area contributed by atoms with Crippen LogP contribution in [0.4, 0.5) is 9.59 Å². The van der Waals surface area contributed by atoms with Crippen LogP contribution in [0.5, 0.6) is 5.75 Å². The number of alkyl carbamates (subject to hydrolysis) is 1. The first-order valence-electron chi connectivity index (χ1n) is 14.6. The predicted molar refractivity (Wildman–Crippen MR) is 167 cm³/mol. The number of oxazole rings is 1. The highest BCUT2D eigenvalue weighted by Crippen LogP contribution is 2.34. The first-order chi connectivity index (χ1) is 21.2. The molecule has 12 nitrogen and oxygen atoms in total. The molecule has 1 N–H and O–H groups in total. The summed E-state index contributed by atoms with van der Waals surface area (Å²) in [6.45, 7) is 10.6. The van der Waals surface area contributed by atoms with E-state index in [1.807, 2.05) is 24.3 Å². The molecule has 1 amide bonds. The molecule has 238 valence electrons. The summed E-state index contributed by atoms with van der Waals surface area (Å²) in [6.07, 6.45) is 9.11. The zero-order valence-electron chi connectivity index (χ0n) is 26.6. The molecule has 4 aromatic rings. The Bertz CT molecular complexity index is 1680. The highest BCUT2D eigenvalue weighted by atomic mass is 16.6. The van der Waals surface area contributed by atoms with Crippen LogP contribution in [0, 0.1) is 0 Å². The van der Waals surface area contributed by atoms with Crippen molar-refractivity contribution in [2.45, 2.75) is 78.0 Å². The monoisotopic (exact) mass is 617 g/mol. The minimum atomic E-state index is -0.812. The minimum Gasteiger partial charge on any atom is -0.496 e. The third-order valence-corrected chi connectivity index (χ3v) is 6.27. The average molecular weight is 618 g/mol. The maximum Gasteiger partial charge on any atom is 0.420 e. The molecule has 0 aliphatic heterocycles. The summed E-state index contributed by atoms with van der Waals surface area (Å²) in [5, 5.41) is 3.71. The van der Waals surface area contributed by atoms with Gasteiger partial charge in [0.15, 0.2) is 0 Å². The number of nitrogens with one attached hydrogen (secondary N) is 1. The number of allylic oxidation sites excluding steroid dienone is 1. The van der Waals surface area contributed by atoms with E-state index in [0.29, 0.717) is 23.4 Å². The lowest BCUT2D eigenvalue weighted by atomic mass is 10.1. The van der Waals surface area contributed by atoms with Crippen LogP contribution >= 0.6 is 0 Å². The van der Waals surface area contributed by atoms with Crippen molar-refractivity contribution < 1.29 is 33.0 Å². The molecule has 0 aliphatic carbocycles. The number of benzene rings is 1. The molecule has 1 atom stereocenters. The van der Waals surface area contributed by atoms with Crippen LogP contribution in [0.1, 0.15) is 83.4 Å². The van der Waals surface area contributed by atoms with E-state index in [1.165, 1.54) is 17.0 Å². The van der Waals surface area contributed by atoms with Gasteiger partial charge in [-0.3, -0.25) is 9.78 Å². The minimum absolute atomic E-state index is 0.0553. The number of nitrogens with zero attached hydrogens (tertiary/aromatic N) is 4. The number of carbonyl (C=O) groups is 3. The van der Waals surface area contributed by atoms with Gasteiger partial charge in [0.2, 0.25) is 5.78 Å². The molecule has 1 aromatic carbocycles. The van der Waals surface area contributed by atoms with E-state index in [2.05, 4.69) is 15.3 Å². The van der Waals surface area contributed by atoms with Crippen LogP contribution in [-0.2, 0) is 9.47 Å². The average Bonchev–Trinajstić information content (AvgIpc) is 3.65. The second kappa shape index (κ2) is 13.7. The largest absolute Gasteiger partial charge is 0.496 e. The zero-order valence-corrected chi connectivity index (χ0v) is 26.6. The molecule has 0 spiro atoms. The molecule has 4 rings (SSSR count). The smallest absolute Gasteiger partial charge is 0.420 e. The Hall–Kier alpha value is -5.00. The van der Waals surface area contributed by atoms with Crippen LogP contribution < -0.4 is 10.1 Å². The number of pyridine rings is 1. The second-order valence-electron chi connectivity index (χ2n) is 12.3. The van der Waals surface area contributed by atoms with Gasteiger partial charge in [0.25, 0.3) is 5.89 Å². The summed E-state index contributed by atoms with van der Waals surface area (Å²) in [6, 6.07) is 6.62. The number of hydrogen-bond acceptors (Lipinski definition) is 10. The second-order valence-corrected chi connectivity index (χ2v) is 12.3. The lowest BCUT2D eigenvalue weighted by Gasteiger charge is -2.24. The van der Waals surface area contributed by atoms with Crippen molar-refractivity contribution in [1.29, 1.82) is 0 Å². The molecule has 0 aliphatic rings. The predicted octanol–water partition coefficient (Wildman–Crippen LogP) is 7.05. The van der Waals surface area contributed by atoms with E-state index in [1.54, 1.807) is 73.2 Å². The van der Waals surface area contributed by atoms with Gasteiger partial charge in [0.05, 0.1) is 30.6 Å². The van der Waals surface area contributed by atoms with Gasteiger partial charge in [-0.25, -0.2) is 24.1 Å². The van der Waals surface area contributed by atoms with Gasteiger partial charge in [-0.05, 0) is 66.5 Å². The van der Waals surface area contributed by atoms with Gasteiger partial charge in [0, 0.05) is 35.8 Å². The molecule has 0 saturated heterocycles. The Morgan fingerprint density at radius 1 is 1.02 bits per heavy atom. The third kappa shape index (κ3) is 9.01. The number of ether oxygens (including phenoxy) is 3. The summed E-state index contributed by atoms with van der Waals surface area (Å²) < 4.78 is 23.3. The molecule has 12 heteroatoms. The normalized spacial score (nSPS) is 12.7. The molecule has 0 bridgehead atoms. The molecule has 0 saturated carbocycles. The van der Waals surface area contributed by atoms with Crippen molar-refractivity contribution in [1.82, 2.24) is 24.8 Å². The SMILES string of the molecule is COc1cc2ncccc2cc1-c1cn(C(=O)OC(C)(C)C)c([C@H](CC=CCCC(=O)c2ncco2)NC(=O)OC(C)(C)C)n1. The Labute approximate surface area is 261 Å². The highest BCUT2D eigenvalue weighted by Gasteiger charge is 2.29. The van der Waals surface area contributed by atoms with Gasteiger partial charge in [-0.15, -0.1) is 0 Å². The van der Waals surface area contributed by atoms with E-state index in [0.717, 1.165) is 10.9 Å². The summed E-state index contributed by atoms with van der Waals surface area (Å²) in [4.78, 5) is 51.9. The number of Topliss-reactive ketones (excluding diaryl/α,β-unsaturated/α-hetero) is 1. The number of methoxy groups -OCH3 is 1. The quantitative estimate of drug-likeness (QED) is 0.145. The molecule has 3 heterocycles. The van der Waals surface area contributed by atoms with Gasteiger partial charge < -0.3 is 23.9 Å². The summed E-state index contributed by atoms with van der Waals surface area (Å²) in [7, 11) is 1.55. The van der Waals surface area contributed by atoms with E-state index in [9.17, 15) is 14.4 Å². The van der Waals surface area contributed by atoms with Crippen molar-refractivity contribution in [2.24, 2.45) is 0 Å². The van der Waals surface area contributed by atoms with Crippen molar-refractivity contribution in [2.75, 3.05) is 7.11 Å². The Morgan fingerprint density at radius 3 is 2.44 bits per heavy atom. The molecular formula is C33H39N5O7. The fourth-order valence-corrected chi connectivity index (χ4v) is 4.41. The lowest BCUT2D eigenvalue weighted by Crippen LogP contribution is -2.37. The van der Waals surface area contributed by atoms with E-state index < -0.39 is 29.4 Å². The lowest BCUT2D eigenvalue weighted by molar-refractivity contribution is 0.0473. The standard InChI is InChI=1S/C33H39N5O7/c1-32(2,3)44-30(40)37-23(13-9-8-10-14-26(39)29-35-16-17-43-29)28-36-25(20-38(28)31(41)45-33(4,5)6)22-18-21-12-11-15-34-24(21)19-27(22)42-7/h8-9,11-12,15-20,23H,10,13-14H2,1-7H3,(H,37,40)/t23-/m0/s1. The molecule has 0 unspecified atom stereocenters. The summed E-state index contributed by atoms with van der Waals surface area (Å²) in [5.74, 6) is 0.560. The molecule has 45 heavy (non-hydrogen) atoms. The van der Waals surface area contributed by atoms with Crippen LogP contribution in [0.25, 0.3) is 22.2 Å². The van der Waals surface area contributed by atoms with Gasteiger partial charge in [-0.2, -0.15) is 0 Å². The number of aromatic nitrogens is 4. The Kier molecular flexibility index (Phi) is 10.1. The van der Waals surface area contributed by atoms with E-state index in [4.69, 9.17) is 23.6 Å². The number of imidazole rings is 1. The number of carbonyl (C=O) groups excluding carboxylic acids is 3. The first-order valence-corrected chi connectivity index (χ1v) is 14.6. The van der Waals surface area contributed by atoms with Crippen LogP contribution in [-0.4, -0.2) is 55.8 Å². The third-order valence-electron chi connectivity index (χ3n) is 6.27. The Balaban J connectivity index is 1.72. The molecule has 0 fully saturated rings. The topological polar surface area (TPSA) is 148 Å². The molecule has 0 radical (unpaired) electrons. The highest BCUT2D eigenvalue weighted by molar-refractivity contribution is 5.91. The van der Waals surface area contributed by atoms with Crippen LogP contribution in [0.3, 0.4) is 0 Å². The number of rotatable bonds is 10. The van der Waals surface area contributed by atoms with Gasteiger partial charge in [0.1, 0.15) is 29.0 Å². The fraction of sp³-hybridized carbons (Fsp3) is 0.394. The van der Waals surface area contributed by atoms with Crippen LogP contribution in [0.15, 0.2) is 65.7 Å². The summed E-state index contributed by atoms with van der Waals surface area (Å²) >= 11 is 0. The van der Waals surface area contributed by atoms with Gasteiger partial charge in [-0.1, -0.05) is 18.2 Å². The molecule has 3 aromatic heterocycles. The maximum atomic E-state index is 13.5. The fourth-order valence-electron chi connectivity index (χ4n) is 4.41. The zero-order chi connectivity index (χ0) is 32.8. The van der Waals surface area contributed by atoms with E-state index in [-0.39, 0.29) is 30.3 Å². The first kappa shape index (κ1) is 32.9. The van der Waals surface area contributed by atoms with Crippen molar-refractivity contribution in [3.63, 3.8) is 0 Å².